The van der Waals surface area contributed by atoms with Gasteiger partial charge in [-0.15, -0.1) is 0 Å². The Balaban J connectivity index is 2.32. The van der Waals surface area contributed by atoms with Crippen molar-refractivity contribution in [1.29, 1.82) is 0 Å². The van der Waals surface area contributed by atoms with Gasteiger partial charge in [0.05, 0.1) is 0 Å². The van der Waals surface area contributed by atoms with E-state index in [1.807, 2.05) is 0 Å². The first-order chi connectivity index (χ1) is 7.99. The van der Waals surface area contributed by atoms with Gasteiger partial charge in [-0.05, 0) is 53.4 Å². The summed E-state index contributed by atoms with van der Waals surface area (Å²) in [5.74, 6) is 0. The van der Waals surface area contributed by atoms with Crippen molar-refractivity contribution in [1.82, 2.24) is 15.1 Å². The van der Waals surface area contributed by atoms with E-state index >= 15 is 0 Å². The molecule has 3 heteroatoms. The average Bonchev–Trinajstić information content (AvgIpc) is 2.25. The normalized spacial score (nSPS) is 24.5. The van der Waals surface area contributed by atoms with Crippen LogP contribution in [0.5, 0.6) is 0 Å². The van der Waals surface area contributed by atoms with Gasteiger partial charge in [-0.2, -0.15) is 0 Å². The fourth-order valence-electron chi connectivity index (χ4n) is 2.64. The molecule has 2 atom stereocenters. The summed E-state index contributed by atoms with van der Waals surface area (Å²) in [5.41, 5.74) is 0. The predicted octanol–water partition coefficient (Wildman–Crippen LogP) is 1.79. The van der Waals surface area contributed by atoms with Gasteiger partial charge in [0.25, 0.3) is 0 Å². The van der Waals surface area contributed by atoms with Crippen molar-refractivity contribution in [2.24, 2.45) is 0 Å². The fourth-order valence-corrected chi connectivity index (χ4v) is 2.64. The van der Waals surface area contributed by atoms with Gasteiger partial charge < -0.3 is 10.2 Å². The summed E-state index contributed by atoms with van der Waals surface area (Å²) < 4.78 is 0. The third kappa shape index (κ3) is 5.84. The third-order valence-electron chi connectivity index (χ3n) is 3.64. The van der Waals surface area contributed by atoms with Crippen LogP contribution < -0.4 is 5.32 Å². The highest BCUT2D eigenvalue weighted by atomic mass is 15.2. The van der Waals surface area contributed by atoms with Crippen LogP contribution in [0.1, 0.15) is 40.0 Å². The first kappa shape index (κ1) is 14.9. The molecule has 0 radical (unpaired) electrons. The van der Waals surface area contributed by atoms with E-state index in [0.29, 0.717) is 18.1 Å². The molecule has 0 amide bonds. The van der Waals surface area contributed by atoms with Crippen molar-refractivity contribution in [3.05, 3.63) is 0 Å². The quantitative estimate of drug-likeness (QED) is 0.765. The Kier molecular flexibility index (Phi) is 6.45. The van der Waals surface area contributed by atoms with E-state index in [-0.39, 0.29) is 0 Å². The van der Waals surface area contributed by atoms with Gasteiger partial charge in [0, 0.05) is 24.7 Å². The Bertz CT molecular complexity index is 204. The number of hydrogen-bond donors (Lipinski definition) is 1. The second-order valence-corrected chi connectivity index (χ2v) is 6.10. The standard InChI is InChI=1S/C14H31N3/c1-12(2)15-14-7-6-9-17(11-14)13(3)8-10-16(4)5/h12-15H,6-11H2,1-5H3. The van der Waals surface area contributed by atoms with Gasteiger partial charge in [-0.25, -0.2) is 0 Å². The summed E-state index contributed by atoms with van der Waals surface area (Å²) in [7, 11) is 4.32. The van der Waals surface area contributed by atoms with E-state index in [9.17, 15) is 0 Å². The number of likely N-dealkylation sites (tertiary alicyclic amines) is 1. The lowest BCUT2D eigenvalue weighted by Crippen LogP contribution is -2.50. The van der Waals surface area contributed by atoms with Crippen LogP contribution in [0.2, 0.25) is 0 Å². The van der Waals surface area contributed by atoms with Gasteiger partial charge in [0.15, 0.2) is 0 Å². The minimum Gasteiger partial charge on any atom is -0.311 e. The zero-order valence-corrected chi connectivity index (χ0v) is 12.4. The van der Waals surface area contributed by atoms with Crippen molar-refractivity contribution >= 4 is 0 Å². The molecular weight excluding hydrogens is 210 g/mol. The smallest absolute Gasteiger partial charge is 0.0197 e. The third-order valence-corrected chi connectivity index (χ3v) is 3.64. The first-order valence-corrected chi connectivity index (χ1v) is 7.14. The summed E-state index contributed by atoms with van der Waals surface area (Å²) in [6, 6.07) is 2.02. The summed E-state index contributed by atoms with van der Waals surface area (Å²) in [5, 5.41) is 3.68. The van der Waals surface area contributed by atoms with Crippen molar-refractivity contribution in [3.8, 4) is 0 Å². The fraction of sp³-hybridized carbons (Fsp3) is 1.00. The van der Waals surface area contributed by atoms with E-state index < -0.39 is 0 Å². The molecule has 17 heavy (non-hydrogen) atoms. The van der Waals surface area contributed by atoms with Crippen LogP contribution in [-0.2, 0) is 0 Å². The van der Waals surface area contributed by atoms with E-state index in [4.69, 9.17) is 0 Å². The van der Waals surface area contributed by atoms with Crippen molar-refractivity contribution < 1.29 is 0 Å². The topological polar surface area (TPSA) is 18.5 Å². The molecule has 1 aliphatic rings. The van der Waals surface area contributed by atoms with E-state index in [0.717, 1.165) is 0 Å². The molecule has 0 spiro atoms. The number of hydrogen-bond acceptors (Lipinski definition) is 3. The van der Waals surface area contributed by atoms with Gasteiger partial charge in [-0.1, -0.05) is 13.8 Å². The lowest BCUT2D eigenvalue weighted by atomic mass is 10.0. The first-order valence-electron chi connectivity index (χ1n) is 7.14. The van der Waals surface area contributed by atoms with Gasteiger partial charge in [0.1, 0.15) is 0 Å². The maximum atomic E-state index is 3.68. The molecule has 0 saturated carbocycles. The number of piperidine rings is 1. The lowest BCUT2D eigenvalue weighted by Gasteiger charge is -2.38. The highest BCUT2D eigenvalue weighted by Crippen LogP contribution is 2.15. The van der Waals surface area contributed by atoms with Gasteiger partial charge >= 0.3 is 0 Å². The molecule has 1 heterocycles. The molecule has 0 aromatic heterocycles. The molecule has 1 saturated heterocycles. The molecule has 0 aromatic carbocycles. The van der Waals surface area contributed by atoms with Crippen LogP contribution in [0.4, 0.5) is 0 Å². The summed E-state index contributed by atoms with van der Waals surface area (Å²) >= 11 is 0. The lowest BCUT2D eigenvalue weighted by molar-refractivity contribution is 0.131. The second kappa shape index (κ2) is 7.34. The monoisotopic (exact) mass is 241 g/mol. The zero-order chi connectivity index (χ0) is 12.8. The molecule has 102 valence electrons. The van der Waals surface area contributed by atoms with Crippen LogP contribution >= 0.6 is 0 Å². The largest absolute Gasteiger partial charge is 0.311 e. The minimum atomic E-state index is 0.608. The molecule has 0 bridgehead atoms. The van der Waals surface area contributed by atoms with E-state index in [2.05, 4.69) is 50.0 Å². The summed E-state index contributed by atoms with van der Waals surface area (Å²) in [6.45, 7) is 10.6. The minimum absolute atomic E-state index is 0.608. The molecular formula is C14H31N3. The Hall–Kier alpha value is -0.120. The average molecular weight is 241 g/mol. The van der Waals surface area contributed by atoms with E-state index in [1.54, 1.807) is 0 Å². The van der Waals surface area contributed by atoms with Crippen LogP contribution in [0, 0.1) is 0 Å². The molecule has 2 unspecified atom stereocenters. The molecule has 0 aliphatic carbocycles. The SMILES string of the molecule is CC(C)NC1CCCN(C(C)CCN(C)C)C1. The maximum Gasteiger partial charge on any atom is 0.0197 e. The zero-order valence-electron chi connectivity index (χ0n) is 12.4. The summed E-state index contributed by atoms with van der Waals surface area (Å²) in [4.78, 5) is 4.94. The Morgan fingerprint density at radius 1 is 1.29 bits per heavy atom. The second-order valence-electron chi connectivity index (χ2n) is 6.10. The van der Waals surface area contributed by atoms with E-state index in [1.165, 1.54) is 38.9 Å². The molecule has 0 aromatic rings. The van der Waals surface area contributed by atoms with Crippen LogP contribution in [0.3, 0.4) is 0 Å². The Labute approximate surface area is 108 Å². The maximum absolute atomic E-state index is 3.68. The van der Waals surface area contributed by atoms with Crippen LogP contribution in [-0.4, -0.2) is 61.7 Å². The molecule has 3 nitrogen and oxygen atoms in total. The Morgan fingerprint density at radius 3 is 2.59 bits per heavy atom. The number of rotatable bonds is 6. The molecule has 1 aliphatic heterocycles. The van der Waals surface area contributed by atoms with Crippen molar-refractivity contribution in [2.45, 2.75) is 58.2 Å². The molecule has 1 rings (SSSR count). The molecule has 1 N–H and O–H groups in total. The highest BCUT2D eigenvalue weighted by molar-refractivity contribution is 4.82. The summed E-state index contributed by atoms with van der Waals surface area (Å²) in [6.07, 6.45) is 3.97. The van der Waals surface area contributed by atoms with Gasteiger partial charge in [0.2, 0.25) is 0 Å². The Morgan fingerprint density at radius 2 is 2.00 bits per heavy atom. The predicted molar refractivity (Wildman–Crippen MR) is 75.5 cm³/mol. The van der Waals surface area contributed by atoms with Crippen molar-refractivity contribution in [2.75, 3.05) is 33.7 Å². The van der Waals surface area contributed by atoms with Crippen LogP contribution in [0.15, 0.2) is 0 Å². The molecule has 1 fully saturated rings. The van der Waals surface area contributed by atoms with Crippen LogP contribution in [0.25, 0.3) is 0 Å². The van der Waals surface area contributed by atoms with Crippen molar-refractivity contribution in [3.63, 3.8) is 0 Å². The highest BCUT2D eigenvalue weighted by Gasteiger charge is 2.23. The number of nitrogens with zero attached hydrogens (tertiary/aromatic N) is 2. The number of nitrogens with one attached hydrogen (secondary N) is 1. The van der Waals surface area contributed by atoms with Gasteiger partial charge in [-0.3, -0.25) is 4.90 Å².